The number of nitrogens with zero attached hydrogens (tertiary/aromatic N) is 1. The fraction of sp³-hybridized carbons (Fsp3) is 0.667. The summed E-state index contributed by atoms with van der Waals surface area (Å²) in [5.41, 5.74) is 2.22. The van der Waals surface area contributed by atoms with Crippen LogP contribution in [0.15, 0.2) is 12.2 Å². The van der Waals surface area contributed by atoms with E-state index in [1.54, 1.807) is 4.90 Å². The number of hydrogen-bond acceptors (Lipinski definition) is 3. The summed E-state index contributed by atoms with van der Waals surface area (Å²) in [5, 5.41) is 0. The highest BCUT2D eigenvalue weighted by Gasteiger charge is 2.24. The molecule has 0 aromatic heterocycles. The van der Waals surface area contributed by atoms with Gasteiger partial charge in [0, 0.05) is 13.1 Å². The Morgan fingerprint density at radius 2 is 1.76 bits per heavy atom. The third-order valence-electron chi connectivity index (χ3n) is 3.28. The average Bonchev–Trinajstić information content (AvgIpc) is 2.90. The standard InChI is InChI=1S/C12H18N2O3/c15-11(10-6-2-1-3-7-10)17-13-12(16)14-8-4-5-9-14/h4-5,10H,1-3,6-9H2,(H,13,16). The molecule has 1 N–H and O–H groups in total. The maximum Gasteiger partial charge on any atom is 0.351 e. The van der Waals surface area contributed by atoms with Crippen molar-refractivity contribution >= 4 is 12.0 Å². The first-order valence-corrected chi connectivity index (χ1v) is 6.18. The van der Waals surface area contributed by atoms with Crippen LogP contribution in [0.4, 0.5) is 4.79 Å². The molecule has 0 unspecified atom stereocenters. The summed E-state index contributed by atoms with van der Waals surface area (Å²) in [7, 11) is 0. The van der Waals surface area contributed by atoms with Crippen LogP contribution in [0.2, 0.25) is 0 Å². The number of rotatable bonds is 1. The summed E-state index contributed by atoms with van der Waals surface area (Å²) < 4.78 is 0. The maximum absolute atomic E-state index is 11.6. The van der Waals surface area contributed by atoms with Gasteiger partial charge < -0.3 is 9.74 Å². The van der Waals surface area contributed by atoms with Gasteiger partial charge in [-0.25, -0.2) is 9.59 Å². The first-order chi connectivity index (χ1) is 8.27. The molecule has 5 heteroatoms. The van der Waals surface area contributed by atoms with Gasteiger partial charge in [0.1, 0.15) is 0 Å². The SMILES string of the molecule is O=C(ONC(=O)N1CC=CC1)C1CCCCC1. The number of hydroxylamine groups is 1. The lowest BCUT2D eigenvalue weighted by molar-refractivity contribution is -0.155. The Balaban J connectivity index is 1.69. The van der Waals surface area contributed by atoms with Crippen molar-refractivity contribution in [2.24, 2.45) is 5.92 Å². The molecule has 0 saturated heterocycles. The third kappa shape index (κ3) is 3.22. The van der Waals surface area contributed by atoms with E-state index >= 15 is 0 Å². The van der Waals surface area contributed by atoms with Gasteiger partial charge in [0.05, 0.1) is 5.92 Å². The normalized spacial score (nSPS) is 20.4. The molecule has 2 amide bonds. The van der Waals surface area contributed by atoms with Gasteiger partial charge in [0.25, 0.3) is 0 Å². The molecule has 17 heavy (non-hydrogen) atoms. The van der Waals surface area contributed by atoms with Gasteiger partial charge in [-0.15, -0.1) is 0 Å². The quantitative estimate of drug-likeness (QED) is 0.557. The van der Waals surface area contributed by atoms with Gasteiger partial charge in [-0.3, -0.25) is 0 Å². The fourth-order valence-electron chi connectivity index (χ4n) is 2.22. The number of amides is 2. The number of nitrogens with one attached hydrogen (secondary N) is 1. The minimum atomic E-state index is -0.348. The molecule has 5 nitrogen and oxygen atoms in total. The lowest BCUT2D eigenvalue weighted by Crippen LogP contribution is -2.40. The molecule has 1 aliphatic carbocycles. The van der Waals surface area contributed by atoms with E-state index in [0.29, 0.717) is 13.1 Å². The summed E-state index contributed by atoms with van der Waals surface area (Å²) in [6.45, 7) is 1.15. The zero-order chi connectivity index (χ0) is 12.1. The summed E-state index contributed by atoms with van der Waals surface area (Å²) in [4.78, 5) is 29.6. The lowest BCUT2D eigenvalue weighted by Gasteiger charge is -2.21. The van der Waals surface area contributed by atoms with E-state index in [4.69, 9.17) is 4.84 Å². The Hall–Kier alpha value is -1.52. The maximum atomic E-state index is 11.6. The number of carbonyl (C=O) groups is 2. The van der Waals surface area contributed by atoms with E-state index in [1.807, 2.05) is 12.2 Å². The van der Waals surface area contributed by atoms with Gasteiger partial charge in [-0.05, 0) is 12.8 Å². The molecule has 0 aromatic carbocycles. The van der Waals surface area contributed by atoms with Crippen molar-refractivity contribution < 1.29 is 14.4 Å². The molecule has 1 heterocycles. The monoisotopic (exact) mass is 238 g/mol. The minimum absolute atomic E-state index is 0.0410. The van der Waals surface area contributed by atoms with E-state index in [1.165, 1.54) is 6.42 Å². The average molecular weight is 238 g/mol. The smallest absolute Gasteiger partial charge is 0.339 e. The Bertz CT molecular complexity index is 314. The van der Waals surface area contributed by atoms with Crippen LogP contribution >= 0.6 is 0 Å². The molecule has 94 valence electrons. The molecule has 1 aliphatic heterocycles. The largest absolute Gasteiger partial charge is 0.351 e. The van der Waals surface area contributed by atoms with E-state index < -0.39 is 0 Å². The van der Waals surface area contributed by atoms with Gasteiger partial charge in [-0.1, -0.05) is 31.4 Å². The van der Waals surface area contributed by atoms with E-state index in [0.717, 1.165) is 25.7 Å². The Morgan fingerprint density at radius 1 is 1.12 bits per heavy atom. The van der Waals surface area contributed by atoms with E-state index in [-0.39, 0.29) is 17.9 Å². The van der Waals surface area contributed by atoms with Crippen molar-refractivity contribution in [2.45, 2.75) is 32.1 Å². The summed E-state index contributed by atoms with van der Waals surface area (Å²) in [5.74, 6) is -0.342. The van der Waals surface area contributed by atoms with Crippen LogP contribution in [0.1, 0.15) is 32.1 Å². The second-order valence-electron chi connectivity index (χ2n) is 4.54. The Morgan fingerprint density at radius 3 is 2.41 bits per heavy atom. The van der Waals surface area contributed by atoms with Crippen LogP contribution in [0.25, 0.3) is 0 Å². The fourth-order valence-corrected chi connectivity index (χ4v) is 2.22. The zero-order valence-corrected chi connectivity index (χ0v) is 9.85. The number of urea groups is 1. The molecule has 2 aliphatic rings. The Labute approximate surface area is 101 Å². The van der Waals surface area contributed by atoms with Crippen molar-refractivity contribution in [3.05, 3.63) is 12.2 Å². The van der Waals surface area contributed by atoms with Crippen molar-refractivity contribution in [1.29, 1.82) is 0 Å². The van der Waals surface area contributed by atoms with Gasteiger partial charge >= 0.3 is 12.0 Å². The second kappa shape index (κ2) is 5.70. The zero-order valence-electron chi connectivity index (χ0n) is 9.85. The first kappa shape index (κ1) is 12.0. The minimum Gasteiger partial charge on any atom is -0.339 e. The number of hydrogen-bond donors (Lipinski definition) is 1. The van der Waals surface area contributed by atoms with Crippen LogP contribution in [-0.4, -0.2) is 30.0 Å². The lowest BCUT2D eigenvalue weighted by atomic mass is 9.89. The Kier molecular flexibility index (Phi) is 4.01. The van der Waals surface area contributed by atoms with Crippen LogP contribution in [0.3, 0.4) is 0 Å². The van der Waals surface area contributed by atoms with Crippen LogP contribution in [0, 0.1) is 5.92 Å². The first-order valence-electron chi connectivity index (χ1n) is 6.18. The van der Waals surface area contributed by atoms with Gasteiger partial charge in [-0.2, -0.15) is 5.48 Å². The van der Waals surface area contributed by atoms with Crippen LogP contribution in [-0.2, 0) is 9.63 Å². The summed E-state index contributed by atoms with van der Waals surface area (Å²) in [6, 6.07) is -0.348. The highest BCUT2D eigenvalue weighted by molar-refractivity contribution is 5.78. The molecule has 0 atom stereocenters. The van der Waals surface area contributed by atoms with E-state index in [9.17, 15) is 9.59 Å². The molecule has 2 rings (SSSR count). The highest BCUT2D eigenvalue weighted by Crippen LogP contribution is 2.24. The molecule has 0 aromatic rings. The molecule has 1 saturated carbocycles. The van der Waals surface area contributed by atoms with Gasteiger partial charge in [0.15, 0.2) is 0 Å². The molecular weight excluding hydrogens is 220 g/mol. The van der Waals surface area contributed by atoms with Crippen molar-refractivity contribution in [2.75, 3.05) is 13.1 Å². The molecule has 0 spiro atoms. The molecule has 0 bridgehead atoms. The predicted octanol–water partition coefficient (Wildman–Crippen LogP) is 1.61. The van der Waals surface area contributed by atoms with Crippen LogP contribution in [0.5, 0.6) is 0 Å². The number of carbonyl (C=O) groups excluding carboxylic acids is 2. The molecule has 1 fully saturated rings. The summed E-state index contributed by atoms with van der Waals surface area (Å²) in [6.07, 6.45) is 8.90. The van der Waals surface area contributed by atoms with Gasteiger partial charge in [0.2, 0.25) is 0 Å². The van der Waals surface area contributed by atoms with Crippen molar-refractivity contribution in [1.82, 2.24) is 10.4 Å². The van der Waals surface area contributed by atoms with Crippen LogP contribution < -0.4 is 5.48 Å². The molecular formula is C12H18N2O3. The third-order valence-corrected chi connectivity index (χ3v) is 3.28. The van der Waals surface area contributed by atoms with E-state index in [2.05, 4.69) is 5.48 Å². The molecule has 0 radical (unpaired) electrons. The van der Waals surface area contributed by atoms with Crippen molar-refractivity contribution in [3.8, 4) is 0 Å². The second-order valence-corrected chi connectivity index (χ2v) is 4.54. The highest BCUT2D eigenvalue weighted by atomic mass is 16.7. The van der Waals surface area contributed by atoms with Crippen molar-refractivity contribution in [3.63, 3.8) is 0 Å². The topological polar surface area (TPSA) is 58.6 Å². The summed E-state index contributed by atoms with van der Waals surface area (Å²) >= 11 is 0. The predicted molar refractivity (Wildman–Crippen MR) is 61.9 cm³/mol.